The van der Waals surface area contributed by atoms with E-state index in [1.807, 2.05) is 0 Å². The van der Waals surface area contributed by atoms with Crippen molar-refractivity contribution in [3.63, 3.8) is 0 Å². The van der Waals surface area contributed by atoms with Crippen LogP contribution >= 0.6 is 11.3 Å². The maximum absolute atomic E-state index is 13.2. The number of benzene rings is 1. The zero-order chi connectivity index (χ0) is 17.5. The Labute approximate surface area is 141 Å². The minimum Gasteiger partial charge on any atom is -0.493 e. The summed E-state index contributed by atoms with van der Waals surface area (Å²) in [6.45, 7) is -0.111. The third kappa shape index (κ3) is 3.57. The molecule has 0 fully saturated rings. The van der Waals surface area contributed by atoms with Gasteiger partial charge in [-0.2, -0.15) is 21.6 Å². The second-order valence-electron chi connectivity index (χ2n) is 5.34. The monoisotopic (exact) mass is 378 g/mol. The fraction of sp³-hybridized carbons (Fsp3) is 0.333. The summed E-state index contributed by atoms with van der Waals surface area (Å²) in [5, 5.41) is 1.38. The highest BCUT2D eigenvalue weighted by atomic mass is 32.2. The van der Waals surface area contributed by atoms with Crippen LogP contribution in [0, 0.1) is 0 Å². The van der Waals surface area contributed by atoms with E-state index >= 15 is 0 Å². The standard InChI is InChI=1S/C15H13F3O4S2/c1-24(19,20)22-7-11-12(8-23-14(11)15(16,17)18)9-2-3-13-10(6-9)4-5-21-13/h2-3,6,8H,4-5,7H2,1H3. The van der Waals surface area contributed by atoms with E-state index in [0.717, 1.165) is 17.6 Å². The molecule has 4 nitrogen and oxygen atoms in total. The van der Waals surface area contributed by atoms with Crippen LogP contribution in [-0.2, 0) is 33.5 Å². The first-order valence-corrected chi connectivity index (χ1v) is 9.63. The van der Waals surface area contributed by atoms with Gasteiger partial charge in [-0.1, -0.05) is 6.07 Å². The first kappa shape index (κ1) is 17.2. The number of alkyl halides is 3. The van der Waals surface area contributed by atoms with Crippen molar-refractivity contribution in [1.29, 1.82) is 0 Å². The Morgan fingerprint density at radius 3 is 2.75 bits per heavy atom. The number of ether oxygens (including phenoxy) is 1. The van der Waals surface area contributed by atoms with Gasteiger partial charge >= 0.3 is 6.18 Å². The molecule has 0 unspecified atom stereocenters. The Balaban J connectivity index is 2.05. The van der Waals surface area contributed by atoms with Crippen molar-refractivity contribution in [3.05, 3.63) is 39.6 Å². The third-order valence-corrected chi connectivity index (χ3v) is 5.18. The van der Waals surface area contributed by atoms with E-state index < -0.39 is 27.8 Å². The molecule has 0 saturated heterocycles. The van der Waals surface area contributed by atoms with Gasteiger partial charge in [0, 0.05) is 12.0 Å². The molecule has 1 aromatic carbocycles. The molecular weight excluding hydrogens is 365 g/mol. The number of hydrogen-bond donors (Lipinski definition) is 0. The molecule has 0 amide bonds. The van der Waals surface area contributed by atoms with E-state index in [1.165, 1.54) is 5.38 Å². The normalized spacial score (nSPS) is 14.5. The molecule has 1 aromatic heterocycles. The van der Waals surface area contributed by atoms with Gasteiger partial charge in [0.1, 0.15) is 10.6 Å². The Kier molecular flexibility index (Phi) is 4.35. The molecule has 0 aliphatic carbocycles. The van der Waals surface area contributed by atoms with Gasteiger partial charge in [-0.25, -0.2) is 0 Å². The van der Waals surface area contributed by atoms with Crippen LogP contribution in [0.4, 0.5) is 13.2 Å². The van der Waals surface area contributed by atoms with E-state index in [-0.39, 0.29) is 5.56 Å². The predicted molar refractivity (Wildman–Crippen MR) is 83.6 cm³/mol. The molecule has 0 spiro atoms. The molecular formula is C15H13F3O4S2. The lowest BCUT2D eigenvalue weighted by molar-refractivity contribution is -0.135. The average Bonchev–Trinajstić information content (AvgIpc) is 3.09. The minimum atomic E-state index is -4.57. The third-order valence-electron chi connectivity index (χ3n) is 3.57. The minimum absolute atomic E-state index is 0.170. The first-order valence-electron chi connectivity index (χ1n) is 6.93. The van der Waals surface area contributed by atoms with Gasteiger partial charge < -0.3 is 4.74 Å². The van der Waals surface area contributed by atoms with Crippen LogP contribution in [0.1, 0.15) is 16.0 Å². The summed E-state index contributed by atoms with van der Waals surface area (Å²) < 4.78 is 72.0. The van der Waals surface area contributed by atoms with Crippen LogP contribution in [0.2, 0.25) is 0 Å². The highest BCUT2D eigenvalue weighted by molar-refractivity contribution is 7.85. The van der Waals surface area contributed by atoms with Crippen LogP contribution in [0.25, 0.3) is 11.1 Å². The molecule has 2 aromatic rings. The highest BCUT2D eigenvalue weighted by Crippen LogP contribution is 2.43. The number of thiophene rings is 1. The maximum Gasteiger partial charge on any atom is 0.425 e. The Morgan fingerprint density at radius 2 is 2.08 bits per heavy atom. The van der Waals surface area contributed by atoms with Gasteiger partial charge in [-0.3, -0.25) is 4.18 Å². The van der Waals surface area contributed by atoms with E-state index in [0.29, 0.717) is 35.5 Å². The van der Waals surface area contributed by atoms with Gasteiger partial charge in [0.15, 0.2) is 0 Å². The van der Waals surface area contributed by atoms with Gasteiger partial charge in [0.05, 0.1) is 19.5 Å². The van der Waals surface area contributed by atoms with E-state index in [2.05, 4.69) is 4.18 Å². The molecule has 3 rings (SSSR count). The number of halogens is 3. The average molecular weight is 378 g/mol. The molecule has 130 valence electrons. The lowest BCUT2D eigenvalue weighted by atomic mass is 10.00. The van der Waals surface area contributed by atoms with E-state index in [9.17, 15) is 21.6 Å². The molecule has 0 atom stereocenters. The van der Waals surface area contributed by atoms with Crippen molar-refractivity contribution >= 4 is 21.5 Å². The Bertz CT molecular complexity index is 869. The van der Waals surface area contributed by atoms with Crippen molar-refractivity contribution < 1.29 is 30.5 Å². The van der Waals surface area contributed by atoms with Gasteiger partial charge in [0.2, 0.25) is 0 Å². The zero-order valence-electron chi connectivity index (χ0n) is 12.5. The van der Waals surface area contributed by atoms with Gasteiger partial charge in [0.25, 0.3) is 10.1 Å². The van der Waals surface area contributed by atoms with Crippen LogP contribution in [0.15, 0.2) is 23.6 Å². The molecule has 0 saturated carbocycles. The predicted octanol–water partition coefficient (Wildman–Crippen LogP) is 3.85. The summed E-state index contributed by atoms with van der Waals surface area (Å²) in [6, 6.07) is 5.15. The number of hydrogen-bond acceptors (Lipinski definition) is 5. The number of rotatable bonds is 4. The molecule has 2 heterocycles. The largest absolute Gasteiger partial charge is 0.493 e. The van der Waals surface area contributed by atoms with Gasteiger partial charge in [-0.15, -0.1) is 11.3 Å². The quantitative estimate of drug-likeness (QED) is 0.759. The van der Waals surface area contributed by atoms with Crippen molar-refractivity contribution in [2.75, 3.05) is 12.9 Å². The lowest BCUT2D eigenvalue weighted by Gasteiger charge is -2.11. The molecule has 1 aliphatic rings. The smallest absolute Gasteiger partial charge is 0.425 e. The second kappa shape index (κ2) is 6.05. The van der Waals surface area contributed by atoms with Crippen LogP contribution in [0.5, 0.6) is 5.75 Å². The summed E-state index contributed by atoms with van der Waals surface area (Å²) in [4.78, 5) is -0.849. The summed E-state index contributed by atoms with van der Waals surface area (Å²) in [5.41, 5.74) is 1.66. The topological polar surface area (TPSA) is 52.6 Å². The first-order chi connectivity index (χ1) is 11.1. The van der Waals surface area contributed by atoms with E-state index in [1.54, 1.807) is 18.2 Å². The summed E-state index contributed by atoms with van der Waals surface area (Å²) in [6.07, 6.45) is -3.08. The SMILES string of the molecule is CS(=O)(=O)OCc1c(-c2ccc3c(c2)CCO3)csc1C(F)(F)F. The molecule has 24 heavy (non-hydrogen) atoms. The molecule has 0 radical (unpaired) electrons. The van der Waals surface area contributed by atoms with Crippen LogP contribution in [0.3, 0.4) is 0 Å². The van der Waals surface area contributed by atoms with E-state index in [4.69, 9.17) is 4.74 Å². The van der Waals surface area contributed by atoms with Crippen LogP contribution in [-0.4, -0.2) is 21.3 Å². The molecule has 0 bridgehead atoms. The zero-order valence-corrected chi connectivity index (χ0v) is 14.1. The van der Waals surface area contributed by atoms with Crippen molar-refractivity contribution in [1.82, 2.24) is 0 Å². The summed E-state index contributed by atoms with van der Waals surface area (Å²) in [5.74, 6) is 0.721. The Hall–Kier alpha value is -1.58. The van der Waals surface area contributed by atoms with Crippen molar-refractivity contribution in [3.8, 4) is 16.9 Å². The molecule has 1 aliphatic heterocycles. The molecule has 0 N–H and O–H groups in total. The van der Waals surface area contributed by atoms with Crippen LogP contribution < -0.4 is 4.74 Å². The highest BCUT2D eigenvalue weighted by Gasteiger charge is 2.37. The fourth-order valence-corrected chi connectivity index (χ4v) is 3.82. The molecule has 9 heteroatoms. The van der Waals surface area contributed by atoms with Crippen molar-refractivity contribution in [2.24, 2.45) is 0 Å². The van der Waals surface area contributed by atoms with Crippen molar-refractivity contribution in [2.45, 2.75) is 19.2 Å². The maximum atomic E-state index is 13.2. The summed E-state index contributed by atoms with van der Waals surface area (Å²) >= 11 is 0.531. The number of fused-ring (bicyclic) bond motifs is 1. The Morgan fingerprint density at radius 1 is 1.33 bits per heavy atom. The second-order valence-corrected chi connectivity index (χ2v) is 7.87. The van der Waals surface area contributed by atoms with Gasteiger partial charge in [-0.05, 0) is 34.2 Å². The summed E-state index contributed by atoms with van der Waals surface area (Å²) in [7, 11) is -3.85. The fourth-order valence-electron chi connectivity index (χ4n) is 2.53. The lowest BCUT2D eigenvalue weighted by Crippen LogP contribution is -2.09.